The van der Waals surface area contributed by atoms with E-state index in [9.17, 15) is 17.6 Å². The van der Waals surface area contributed by atoms with E-state index in [2.05, 4.69) is 0 Å². The van der Waals surface area contributed by atoms with Gasteiger partial charge in [0.1, 0.15) is 18.4 Å². The third-order valence-corrected chi connectivity index (χ3v) is 1.79. The van der Waals surface area contributed by atoms with E-state index >= 15 is 0 Å². The summed E-state index contributed by atoms with van der Waals surface area (Å²) in [6, 6.07) is 0. The number of halogens is 4. The van der Waals surface area contributed by atoms with Crippen molar-refractivity contribution in [3.63, 3.8) is 0 Å². The first-order valence-electron chi connectivity index (χ1n) is 3.28. The van der Waals surface area contributed by atoms with Gasteiger partial charge in [0.05, 0.1) is 0 Å². The third kappa shape index (κ3) is 1.47. The molecule has 0 bridgehead atoms. The van der Waals surface area contributed by atoms with Crippen LogP contribution < -0.4 is 0 Å². The highest BCUT2D eigenvalue weighted by Gasteiger charge is 2.45. The molecule has 0 aliphatic heterocycles. The van der Waals surface area contributed by atoms with Gasteiger partial charge in [-0.3, -0.25) is 0 Å². The van der Waals surface area contributed by atoms with Gasteiger partial charge in [0.15, 0.2) is 12.3 Å². The maximum atomic E-state index is 12.4. The molecule has 1 rings (SSSR count). The predicted molar refractivity (Wildman–Crippen MR) is 30.2 cm³/mol. The molecule has 1 saturated carbocycles. The zero-order chi connectivity index (χ0) is 8.59. The molecule has 1 nitrogen and oxygen atoms in total. The van der Waals surface area contributed by atoms with E-state index in [1.165, 1.54) is 0 Å². The lowest BCUT2D eigenvalue weighted by atomic mass is 9.91. The molecule has 4 unspecified atom stereocenters. The van der Waals surface area contributed by atoms with Crippen molar-refractivity contribution in [1.29, 1.82) is 0 Å². The second kappa shape index (κ2) is 2.97. The third-order valence-electron chi connectivity index (χ3n) is 1.79. The second-order valence-corrected chi connectivity index (χ2v) is 2.65. The molecule has 0 saturated heterocycles. The van der Waals surface area contributed by atoms with Crippen LogP contribution in [0.2, 0.25) is 0 Å². The van der Waals surface area contributed by atoms with E-state index in [0.717, 1.165) is 0 Å². The molecule has 0 aromatic carbocycles. The normalized spacial score (nSPS) is 52.6. The Morgan fingerprint density at radius 2 is 1.27 bits per heavy atom. The summed E-state index contributed by atoms with van der Waals surface area (Å²) in [5, 5.41) is 8.56. The van der Waals surface area contributed by atoms with Crippen molar-refractivity contribution in [3.8, 4) is 0 Å². The number of hydrogen-bond donors (Lipinski definition) is 1. The molecule has 0 aromatic heterocycles. The summed E-state index contributed by atoms with van der Waals surface area (Å²) in [5.74, 6) is 0. The van der Waals surface area contributed by atoms with Gasteiger partial charge in [-0.25, -0.2) is 17.6 Å². The molecule has 1 N–H and O–H groups in total. The van der Waals surface area contributed by atoms with Gasteiger partial charge in [0.25, 0.3) is 0 Å². The first-order chi connectivity index (χ1) is 5.04. The van der Waals surface area contributed by atoms with Gasteiger partial charge in [0, 0.05) is 6.42 Å². The Labute approximate surface area is 61.0 Å². The number of aliphatic hydroxyl groups excluding tert-OH is 1. The molecule has 11 heavy (non-hydrogen) atoms. The van der Waals surface area contributed by atoms with Crippen LogP contribution in [0, 0.1) is 0 Å². The largest absolute Gasteiger partial charge is 0.387 e. The van der Waals surface area contributed by atoms with Crippen LogP contribution in [0.5, 0.6) is 0 Å². The number of aliphatic hydroxyl groups is 1. The van der Waals surface area contributed by atoms with Gasteiger partial charge in [-0.15, -0.1) is 0 Å². The van der Waals surface area contributed by atoms with Crippen molar-refractivity contribution >= 4 is 0 Å². The van der Waals surface area contributed by atoms with Crippen LogP contribution in [0.15, 0.2) is 0 Å². The highest BCUT2D eigenvalue weighted by molar-refractivity contribution is 4.93. The summed E-state index contributed by atoms with van der Waals surface area (Å²) in [5.41, 5.74) is 0. The Hall–Kier alpha value is -0.320. The topological polar surface area (TPSA) is 20.2 Å². The summed E-state index contributed by atoms with van der Waals surface area (Å²) in [7, 11) is 0. The molecule has 0 amide bonds. The van der Waals surface area contributed by atoms with Crippen molar-refractivity contribution in [2.24, 2.45) is 0 Å². The fraction of sp³-hybridized carbons (Fsp3) is 1.00. The lowest BCUT2D eigenvalue weighted by Gasteiger charge is -2.30. The molecular weight excluding hydrogens is 164 g/mol. The summed E-state index contributed by atoms with van der Waals surface area (Å²) in [6.45, 7) is 0. The van der Waals surface area contributed by atoms with Crippen LogP contribution in [0.25, 0.3) is 0 Å². The zero-order valence-electron chi connectivity index (χ0n) is 5.55. The van der Waals surface area contributed by atoms with Crippen molar-refractivity contribution in [1.82, 2.24) is 0 Å². The second-order valence-electron chi connectivity index (χ2n) is 2.65. The summed E-state index contributed by atoms with van der Waals surface area (Å²) in [6.07, 6.45) is -11.7. The average Bonchev–Trinajstić information content (AvgIpc) is 1.97. The minimum Gasteiger partial charge on any atom is -0.387 e. The summed E-state index contributed by atoms with van der Waals surface area (Å²) >= 11 is 0. The Morgan fingerprint density at radius 1 is 0.909 bits per heavy atom. The van der Waals surface area contributed by atoms with E-state index in [-0.39, 0.29) is 0 Å². The van der Waals surface area contributed by atoms with E-state index in [1.807, 2.05) is 0 Å². The lowest BCUT2D eigenvalue weighted by Crippen LogP contribution is -2.49. The predicted octanol–water partition coefficient (Wildman–Crippen LogP) is 1.10. The Kier molecular flexibility index (Phi) is 2.37. The maximum absolute atomic E-state index is 12.4. The van der Waals surface area contributed by atoms with Crippen LogP contribution in [0.4, 0.5) is 17.6 Å². The SMILES string of the molecule is OC1C(F)C(F)CC(F)C1F. The van der Waals surface area contributed by atoms with E-state index < -0.39 is 37.2 Å². The summed E-state index contributed by atoms with van der Waals surface area (Å²) in [4.78, 5) is 0. The lowest BCUT2D eigenvalue weighted by molar-refractivity contribution is -0.0878. The highest BCUT2D eigenvalue weighted by Crippen LogP contribution is 2.29. The molecule has 0 spiro atoms. The van der Waals surface area contributed by atoms with Crippen LogP contribution in [-0.4, -0.2) is 35.9 Å². The van der Waals surface area contributed by atoms with Crippen LogP contribution in [0.1, 0.15) is 6.42 Å². The molecule has 0 aromatic rings. The van der Waals surface area contributed by atoms with Gasteiger partial charge in [-0.1, -0.05) is 0 Å². The molecule has 0 radical (unpaired) electrons. The Morgan fingerprint density at radius 3 is 1.64 bits per heavy atom. The van der Waals surface area contributed by atoms with Crippen molar-refractivity contribution < 1.29 is 22.7 Å². The number of rotatable bonds is 0. The van der Waals surface area contributed by atoms with Gasteiger partial charge in [-0.2, -0.15) is 0 Å². The standard InChI is InChI=1S/C6H8F4O/c7-2-1-3(8)5(10)6(11)4(2)9/h2-6,11H,1H2. The van der Waals surface area contributed by atoms with Gasteiger partial charge in [0.2, 0.25) is 0 Å². The highest BCUT2D eigenvalue weighted by atomic mass is 19.2. The van der Waals surface area contributed by atoms with E-state index in [0.29, 0.717) is 0 Å². The molecule has 5 heteroatoms. The fourth-order valence-electron chi connectivity index (χ4n) is 1.08. The molecule has 0 heterocycles. The van der Waals surface area contributed by atoms with Gasteiger partial charge < -0.3 is 5.11 Å². The monoisotopic (exact) mass is 172 g/mol. The minimum atomic E-state index is -2.29. The quantitative estimate of drug-likeness (QED) is 0.542. The van der Waals surface area contributed by atoms with Gasteiger partial charge >= 0.3 is 0 Å². The maximum Gasteiger partial charge on any atom is 0.160 e. The molecule has 1 aliphatic carbocycles. The molecule has 1 fully saturated rings. The van der Waals surface area contributed by atoms with Crippen molar-refractivity contribution in [3.05, 3.63) is 0 Å². The van der Waals surface area contributed by atoms with Crippen LogP contribution in [-0.2, 0) is 0 Å². The van der Waals surface area contributed by atoms with Gasteiger partial charge in [-0.05, 0) is 0 Å². The number of hydrogen-bond acceptors (Lipinski definition) is 1. The molecule has 66 valence electrons. The Bertz CT molecular complexity index is 129. The van der Waals surface area contributed by atoms with E-state index in [4.69, 9.17) is 5.11 Å². The Balaban J connectivity index is 2.63. The van der Waals surface area contributed by atoms with Crippen molar-refractivity contribution in [2.75, 3.05) is 0 Å². The smallest absolute Gasteiger partial charge is 0.160 e. The minimum absolute atomic E-state index is 0.806. The average molecular weight is 172 g/mol. The van der Waals surface area contributed by atoms with E-state index in [1.54, 1.807) is 0 Å². The first-order valence-corrected chi connectivity index (χ1v) is 3.28. The zero-order valence-corrected chi connectivity index (χ0v) is 5.55. The van der Waals surface area contributed by atoms with Crippen molar-refractivity contribution in [2.45, 2.75) is 37.2 Å². The fourth-order valence-corrected chi connectivity index (χ4v) is 1.08. The molecule has 1 aliphatic rings. The summed E-state index contributed by atoms with van der Waals surface area (Å²) < 4.78 is 49.3. The van der Waals surface area contributed by atoms with Crippen LogP contribution >= 0.6 is 0 Å². The molecule has 4 atom stereocenters. The molecular formula is C6H8F4O. The van der Waals surface area contributed by atoms with Crippen LogP contribution in [0.3, 0.4) is 0 Å². The number of alkyl halides is 4. The first kappa shape index (κ1) is 8.77.